The van der Waals surface area contributed by atoms with E-state index in [-0.39, 0.29) is 0 Å². The summed E-state index contributed by atoms with van der Waals surface area (Å²) in [5.41, 5.74) is 1.64. The molecule has 0 spiro atoms. The third-order valence-corrected chi connectivity index (χ3v) is 6.75. The van der Waals surface area contributed by atoms with E-state index in [0.29, 0.717) is 0 Å². The molecule has 0 radical (unpaired) electrons. The van der Waals surface area contributed by atoms with Gasteiger partial charge in [-0.3, -0.25) is 9.59 Å². The first kappa shape index (κ1) is 20.8. The smallest absolute Gasteiger partial charge is 0.218 e. The van der Waals surface area contributed by atoms with Gasteiger partial charge in [0.1, 0.15) is 33.3 Å². The topological polar surface area (TPSA) is 81.7 Å². The second kappa shape index (κ2) is 8.19. The van der Waals surface area contributed by atoms with Crippen LogP contribution in [0.25, 0.3) is 20.2 Å². The van der Waals surface area contributed by atoms with E-state index in [1.54, 1.807) is 0 Å². The molecule has 2 aromatic carbocycles. The van der Waals surface area contributed by atoms with Gasteiger partial charge in [-0.15, -0.1) is 11.3 Å². The molecule has 1 aliphatic carbocycles. The van der Waals surface area contributed by atoms with Gasteiger partial charge in [0.25, 0.3) is 0 Å². The number of rotatable bonds is 0. The Balaban J connectivity index is 0.000000166. The van der Waals surface area contributed by atoms with Crippen molar-refractivity contribution in [3.8, 4) is 12.1 Å². The highest BCUT2D eigenvalue weighted by Gasteiger charge is 2.33. The lowest BCUT2D eigenvalue weighted by Crippen LogP contribution is -2.18. The number of benzene rings is 2. The van der Waals surface area contributed by atoms with Crippen molar-refractivity contribution in [3.05, 3.63) is 68.7 Å². The van der Waals surface area contributed by atoms with Crippen LogP contribution in [-0.2, 0) is 9.59 Å². The molecule has 0 bridgehead atoms. The summed E-state index contributed by atoms with van der Waals surface area (Å²) < 4.78 is 2.86. The van der Waals surface area contributed by atoms with Gasteiger partial charge in [0, 0.05) is 20.2 Å². The quantitative estimate of drug-likeness (QED) is 0.412. The minimum Gasteiger partial charge on any atom is -0.287 e. The molecule has 0 amide bonds. The molecule has 1 aliphatic rings. The number of Topliss-reactive ketones (excluding diaryl/α,β-unsaturated/α-hetero) is 2. The molecule has 29 heavy (non-hydrogen) atoms. The molecule has 4 nitrogen and oxygen atoms in total. The van der Waals surface area contributed by atoms with Crippen molar-refractivity contribution in [2.45, 2.75) is 13.8 Å². The zero-order valence-corrected chi connectivity index (χ0v) is 17.7. The second-order valence-electron chi connectivity index (χ2n) is 6.27. The lowest BCUT2D eigenvalue weighted by molar-refractivity contribution is -0.115. The largest absolute Gasteiger partial charge is 0.287 e. The summed E-state index contributed by atoms with van der Waals surface area (Å²) in [7, 11) is 0. The monoisotopic (exact) mass is 438 g/mol. The lowest BCUT2D eigenvalue weighted by atomic mass is 9.96. The number of halogens is 2. The summed E-state index contributed by atoms with van der Waals surface area (Å²) in [6, 6.07) is 16.0. The zero-order chi connectivity index (χ0) is 21.3. The Morgan fingerprint density at radius 1 is 0.759 bits per heavy atom. The average Bonchev–Trinajstić information content (AvgIpc) is 3.11. The van der Waals surface area contributed by atoms with E-state index in [0.717, 1.165) is 0 Å². The predicted octanol–water partition coefficient (Wildman–Crippen LogP) is 5.84. The van der Waals surface area contributed by atoms with Crippen molar-refractivity contribution >= 4 is 66.3 Å². The van der Waals surface area contributed by atoms with Gasteiger partial charge in [-0.25, -0.2) is 0 Å². The fourth-order valence-electron chi connectivity index (χ4n) is 2.96. The van der Waals surface area contributed by atoms with Crippen molar-refractivity contribution in [1.29, 1.82) is 10.5 Å². The van der Waals surface area contributed by atoms with Crippen LogP contribution in [0, 0.1) is 36.5 Å². The Morgan fingerprint density at radius 3 is 1.48 bits per heavy atom. The number of allylic oxidation sites excluding steroid dienone is 4. The summed E-state index contributed by atoms with van der Waals surface area (Å²) in [5, 5.41) is 18.8. The van der Waals surface area contributed by atoms with E-state index >= 15 is 0 Å². The highest BCUT2D eigenvalue weighted by Crippen LogP contribution is 2.37. The van der Waals surface area contributed by atoms with Crippen LogP contribution in [0.2, 0.25) is 0 Å². The van der Waals surface area contributed by atoms with E-state index in [4.69, 9.17) is 33.7 Å². The van der Waals surface area contributed by atoms with E-state index in [1.807, 2.05) is 11.3 Å². The maximum atomic E-state index is 11.2. The molecule has 1 aromatic heterocycles. The predicted molar refractivity (Wildman–Crippen MR) is 116 cm³/mol. The number of ketones is 2. The summed E-state index contributed by atoms with van der Waals surface area (Å²) in [6.45, 7) is 4.38. The van der Waals surface area contributed by atoms with Gasteiger partial charge in [-0.05, 0) is 25.0 Å². The molecule has 3 aromatic rings. The molecule has 0 N–H and O–H groups in total. The fourth-order valence-corrected chi connectivity index (χ4v) is 4.56. The van der Waals surface area contributed by atoms with Crippen LogP contribution < -0.4 is 0 Å². The Bertz CT molecular complexity index is 1250. The van der Waals surface area contributed by atoms with Gasteiger partial charge in [-0.1, -0.05) is 59.6 Å². The molecular formula is C22H12Cl2N2O2S. The Morgan fingerprint density at radius 2 is 1.14 bits per heavy atom. The number of aryl methyl sites for hydroxylation is 2. The number of fused-ring (bicyclic) bond motifs is 3. The molecule has 142 valence electrons. The van der Waals surface area contributed by atoms with Gasteiger partial charge in [-0.2, -0.15) is 10.5 Å². The van der Waals surface area contributed by atoms with Gasteiger partial charge >= 0.3 is 0 Å². The Hall–Kier alpha value is -2.96. The molecule has 4 rings (SSSR count). The van der Waals surface area contributed by atoms with E-state index in [2.05, 4.69) is 50.2 Å². The van der Waals surface area contributed by atoms with Crippen LogP contribution in [0.4, 0.5) is 0 Å². The number of nitriles is 2. The van der Waals surface area contributed by atoms with Crippen LogP contribution in [0.15, 0.2) is 57.6 Å². The second-order valence-corrected chi connectivity index (χ2v) is 8.04. The summed E-state index contributed by atoms with van der Waals surface area (Å²) >= 11 is 12.7. The number of thiophene rings is 1. The molecule has 0 saturated heterocycles. The highest BCUT2D eigenvalue weighted by atomic mass is 35.5. The number of carbonyl (C=O) groups is 2. The Labute approximate surface area is 180 Å². The zero-order valence-electron chi connectivity index (χ0n) is 15.3. The average molecular weight is 439 g/mol. The molecule has 0 atom stereocenters. The maximum absolute atomic E-state index is 11.2. The summed E-state index contributed by atoms with van der Waals surface area (Å²) in [6.07, 6.45) is 0. The number of hydrogen-bond donors (Lipinski definition) is 0. The van der Waals surface area contributed by atoms with Crippen LogP contribution in [0.3, 0.4) is 0 Å². The van der Waals surface area contributed by atoms with E-state index < -0.39 is 32.8 Å². The Kier molecular flexibility index (Phi) is 5.86. The molecule has 0 saturated carbocycles. The van der Waals surface area contributed by atoms with Crippen molar-refractivity contribution in [1.82, 2.24) is 0 Å². The standard InChI is InChI=1S/C14H12S.C8Cl2N2O2/c1-9-5-3-7-11-12-8-4-6-10(2)14(12)15-13(9)11;9-5-6(10)8(14)4(2-12)3(1-11)7(5)13/h3-8H,1-2H3;. The van der Waals surface area contributed by atoms with Gasteiger partial charge < -0.3 is 0 Å². The summed E-state index contributed by atoms with van der Waals surface area (Å²) in [5.74, 6) is -1.79. The van der Waals surface area contributed by atoms with Crippen LogP contribution in [0.1, 0.15) is 11.1 Å². The number of nitrogens with zero attached hydrogens (tertiary/aromatic N) is 2. The van der Waals surface area contributed by atoms with Crippen LogP contribution >= 0.6 is 34.5 Å². The molecule has 0 aliphatic heterocycles. The maximum Gasteiger partial charge on any atom is 0.218 e. The van der Waals surface area contributed by atoms with E-state index in [9.17, 15) is 9.59 Å². The van der Waals surface area contributed by atoms with Crippen LogP contribution in [0.5, 0.6) is 0 Å². The first-order valence-corrected chi connectivity index (χ1v) is 9.95. The molecule has 7 heteroatoms. The molecular weight excluding hydrogens is 427 g/mol. The minimum absolute atomic E-state index is 0.521. The van der Waals surface area contributed by atoms with Crippen molar-refractivity contribution in [2.24, 2.45) is 0 Å². The number of hydrogen-bond acceptors (Lipinski definition) is 5. The summed E-state index contributed by atoms with van der Waals surface area (Å²) in [4.78, 5) is 22.4. The van der Waals surface area contributed by atoms with Crippen molar-refractivity contribution < 1.29 is 9.59 Å². The van der Waals surface area contributed by atoms with Crippen molar-refractivity contribution in [2.75, 3.05) is 0 Å². The van der Waals surface area contributed by atoms with E-state index in [1.165, 1.54) is 43.4 Å². The van der Waals surface area contributed by atoms with Gasteiger partial charge in [0.05, 0.1) is 0 Å². The number of carbonyl (C=O) groups excluding carboxylic acids is 2. The molecule has 0 fully saturated rings. The lowest BCUT2D eigenvalue weighted by Gasteiger charge is -2.08. The highest BCUT2D eigenvalue weighted by molar-refractivity contribution is 7.26. The van der Waals surface area contributed by atoms with Gasteiger partial charge in [0.15, 0.2) is 0 Å². The third kappa shape index (κ3) is 3.57. The normalized spacial score (nSPS) is 14.0. The first-order valence-electron chi connectivity index (χ1n) is 8.38. The molecule has 0 unspecified atom stereocenters. The van der Waals surface area contributed by atoms with Gasteiger partial charge in [0.2, 0.25) is 11.6 Å². The first-order chi connectivity index (χ1) is 13.8. The molecule has 1 heterocycles. The SMILES string of the molecule is Cc1cccc2c1sc1c(C)cccc12.N#CC1=C(C#N)C(=O)C(Cl)=C(Cl)C1=O. The van der Waals surface area contributed by atoms with Crippen LogP contribution in [-0.4, -0.2) is 11.6 Å². The minimum atomic E-state index is -0.893. The third-order valence-electron chi connectivity index (χ3n) is 4.44. The van der Waals surface area contributed by atoms with Crippen molar-refractivity contribution in [3.63, 3.8) is 0 Å². The fraction of sp³-hybridized carbons (Fsp3) is 0.0909.